The number of anilines is 1. The molecule has 0 amide bonds. The monoisotopic (exact) mass is 231 g/mol. The second-order valence-electron chi connectivity index (χ2n) is 5.09. The Bertz CT molecular complexity index is 394. The first kappa shape index (κ1) is 12.2. The molecular formula is C15H21NO. The Morgan fingerprint density at radius 1 is 1.29 bits per heavy atom. The van der Waals surface area contributed by atoms with E-state index in [-0.39, 0.29) is 0 Å². The molecule has 1 saturated carbocycles. The second-order valence-corrected chi connectivity index (χ2v) is 5.09. The molecule has 0 unspecified atom stereocenters. The van der Waals surface area contributed by atoms with Crippen LogP contribution in [0, 0.1) is 12.8 Å². The fraction of sp³-hybridized carbons (Fsp3) is 0.533. The molecule has 0 aliphatic heterocycles. The van der Waals surface area contributed by atoms with Gasteiger partial charge in [-0.3, -0.25) is 4.79 Å². The van der Waals surface area contributed by atoms with E-state index in [9.17, 15) is 4.79 Å². The van der Waals surface area contributed by atoms with E-state index < -0.39 is 0 Å². The summed E-state index contributed by atoms with van der Waals surface area (Å²) >= 11 is 0. The lowest BCUT2D eigenvalue weighted by Crippen LogP contribution is -2.29. The zero-order valence-electron chi connectivity index (χ0n) is 10.8. The van der Waals surface area contributed by atoms with Crippen molar-refractivity contribution in [2.75, 3.05) is 18.5 Å². The minimum absolute atomic E-state index is 0.321. The summed E-state index contributed by atoms with van der Waals surface area (Å²) in [6.07, 6.45) is 4.65. The topological polar surface area (TPSA) is 20.3 Å². The molecule has 92 valence electrons. The van der Waals surface area contributed by atoms with Gasteiger partial charge in [0.05, 0.1) is 6.54 Å². The van der Waals surface area contributed by atoms with Crippen molar-refractivity contribution in [3.63, 3.8) is 0 Å². The summed E-state index contributed by atoms with van der Waals surface area (Å²) in [7, 11) is 2.01. The highest BCUT2D eigenvalue weighted by molar-refractivity contribution is 5.86. The number of para-hydroxylation sites is 1. The van der Waals surface area contributed by atoms with Crippen molar-refractivity contribution in [2.45, 2.75) is 32.6 Å². The van der Waals surface area contributed by atoms with Crippen molar-refractivity contribution >= 4 is 11.5 Å². The van der Waals surface area contributed by atoms with E-state index >= 15 is 0 Å². The van der Waals surface area contributed by atoms with E-state index in [1.54, 1.807) is 0 Å². The van der Waals surface area contributed by atoms with Gasteiger partial charge in [0.15, 0.2) is 5.78 Å². The summed E-state index contributed by atoms with van der Waals surface area (Å²) in [6.45, 7) is 2.64. The third kappa shape index (κ3) is 2.87. The summed E-state index contributed by atoms with van der Waals surface area (Å²) in [4.78, 5) is 14.2. The average Bonchev–Trinajstić information content (AvgIpc) is 2.82. The van der Waals surface area contributed by atoms with Crippen LogP contribution in [-0.2, 0) is 4.79 Å². The first-order chi connectivity index (χ1) is 8.18. The number of benzene rings is 1. The summed E-state index contributed by atoms with van der Waals surface area (Å²) in [5.74, 6) is 0.731. The Morgan fingerprint density at radius 2 is 1.94 bits per heavy atom. The minimum atomic E-state index is 0.321. The Labute approximate surface area is 104 Å². The molecular weight excluding hydrogens is 210 g/mol. The number of carbonyl (C=O) groups is 1. The Hall–Kier alpha value is -1.31. The van der Waals surface area contributed by atoms with Gasteiger partial charge >= 0.3 is 0 Å². The van der Waals surface area contributed by atoms with Crippen LogP contribution in [-0.4, -0.2) is 19.4 Å². The molecule has 2 heteroatoms. The van der Waals surface area contributed by atoms with Gasteiger partial charge in [-0.2, -0.15) is 0 Å². The molecule has 1 aliphatic carbocycles. The van der Waals surface area contributed by atoms with Gasteiger partial charge in [0.2, 0.25) is 0 Å². The fourth-order valence-corrected chi connectivity index (χ4v) is 2.69. The molecule has 0 saturated heterocycles. The van der Waals surface area contributed by atoms with Gasteiger partial charge in [-0.15, -0.1) is 0 Å². The highest BCUT2D eigenvalue weighted by Crippen LogP contribution is 2.26. The SMILES string of the molecule is Cc1ccccc1N(C)CC(=O)C1CCCC1. The van der Waals surface area contributed by atoms with Crippen molar-refractivity contribution < 1.29 is 4.79 Å². The van der Waals surface area contributed by atoms with Crippen LogP contribution in [0.25, 0.3) is 0 Å². The Balaban J connectivity index is 1.99. The van der Waals surface area contributed by atoms with Gasteiger partial charge in [-0.25, -0.2) is 0 Å². The third-order valence-corrected chi connectivity index (χ3v) is 3.73. The molecule has 1 aliphatic rings. The molecule has 1 aromatic carbocycles. The van der Waals surface area contributed by atoms with Crippen LogP contribution >= 0.6 is 0 Å². The average molecular weight is 231 g/mol. The van der Waals surface area contributed by atoms with Crippen LogP contribution in [0.5, 0.6) is 0 Å². The molecule has 2 rings (SSSR count). The quantitative estimate of drug-likeness (QED) is 0.793. The second kappa shape index (κ2) is 5.35. The van der Waals surface area contributed by atoms with Crippen molar-refractivity contribution in [3.8, 4) is 0 Å². The predicted octanol–water partition coefficient (Wildman–Crippen LogP) is 3.19. The predicted molar refractivity (Wildman–Crippen MR) is 71.4 cm³/mol. The number of likely N-dealkylation sites (N-methyl/N-ethyl adjacent to an activating group) is 1. The number of Topliss-reactive ketones (excluding diaryl/α,β-unsaturated/α-hetero) is 1. The highest BCUT2D eigenvalue weighted by Gasteiger charge is 2.23. The number of hydrogen-bond donors (Lipinski definition) is 0. The molecule has 2 nitrogen and oxygen atoms in total. The number of nitrogens with zero attached hydrogens (tertiary/aromatic N) is 1. The van der Waals surface area contributed by atoms with Crippen molar-refractivity contribution in [3.05, 3.63) is 29.8 Å². The van der Waals surface area contributed by atoms with E-state index in [4.69, 9.17) is 0 Å². The smallest absolute Gasteiger partial charge is 0.155 e. The summed E-state index contributed by atoms with van der Waals surface area (Å²) in [5.41, 5.74) is 2.40. The largest absolute Gasteiger partial charge is 0.367 e. The lowest BCUT2D eigenvalue weighted by Gasteiger charge is -2.22. The summed E-state index contributed by atoms with van der Waals surface area (Å²) in [5, 5.41) is 0. The number of aryl methyl sites for hydroxylation is 1. The van der Waals surface area contributed by atoms with E-state index in [1.165, 1.54) is 24.1 Å². The lowest BCUT2D eigenvalue weighted by atomic mass is 10.0. The van der Waals surface area contributed by atoms with E-state index in [0.717, 1.165) is 12.8 Å². The van der Waals surface area contributed by atoms with E-state index in [2.05, 4.69) is 24.0 Å². The van der Waals surface area contributed by atoms with Crippen LogP contribution in [0.1, 0.15) is 31.2 Å². The zero-order valence-corrected chi connectivity index (χ0v) is 10.8. The van der Waals surface area contributed by atoms with E-state index in [1.807, 2.05) is 19.2 Å². The number of carbonyl (C=O) groups excluding carboxylic acids is 1. The van der Waals surface area contributed by atoms with Gasteiger partial charge in [-0.05, 0) is 31.4 Å². The van der Waals surface area contributed by atoms with E-state index in [0.29, 0.717) is 18.2 Å². The molecule has 1 fully saturated rings. The molecule has 0 bridgehead atoms. The maximum atomic E-state index is 12.1. The third-order valence-electron chi connectivity index (χ3n) is 3.73. The molecule has 0 spiro atoms. The first-order valence-corrected chi connectivity index (χ1v) is 6.48. The van der Waals surface area contributed by atoms with Crippen LogP contribution in [0.15, 0.2) is 24.3 Å². The molecule has 17 heavy (non-hydrogen) atoms. The van der Waals surface area contributed by atoms with Crippen LogP contribution in [0.3, 0.4) is 0 Å². The molecule has 0 heterocycles. The summed E-state index contributed by atoms with van der Waals surface area (Å²) < 4.78 is 0. The normalized spacial score (nSPS) is 16.1. The highest BCUT2D eigenvalue weighted by atomic mass is 16.1. The zero-order chi connectivity index (χ0) is 12.3. The maximum Gasteiger partial charge on any atom is 0.155 e. The standard InChI is InChI=1S/C15H21NO/c1-12-7-3-6-10-14(12)16(2)11-15(17)13-8-4-5-9-13/h3,6-7,10,13H,4-5,8-9,11H2,1-2H3. The number of hydrogen-bond acceptors (Lipinski definition) is 2. The van der Waals surface area contributed by atoms with Crippen molar-refractivity contribution in [2.24, 2.45) is 5.92 Å². The van der Waals surface area contributed by atoms with Gasteiger partial charge < -0.3 is 4.90 Å². The maximum absolute atomic E-state index is 12.1. The van der Waals surface area contributed by atoms with Gasteiger partial charge in [0.25, 0.3) is 0 Å². The van der Waals surface area contributed by atoms with Crippen LogP contribution in [0.4, 0.5) is 5.69 Å². The molecule has 0 aromatic heterocycles. The lowest BCUT2D eigenvalue weighted by molar-refractivity contribution is -0.121. The van der Waals surface area contributed by atoms with Gasteiger partial charge in [0, 0.05) is 18.7 Å². The Kier molecular flexibility index (Phi) is 3.82. The Morgan fingerprint density at radius 3 is 2.59 bits per heavy atom. The first-order valence-electron chi connectivity index (χ1n) is 6.48. The summed E-state index contributed by atoms with van der Waals surface area (Å²) in [6, 6.07) is 8.23. The van der Waals surface area contributed by atoms with Crippen LogP contribution in [0.2, 0.25) is 0 Å². The molecule has 0 radical (unpaired) electrons. The van der Waals surface area contributed by atoms with Gasteiger partial charge in [0.1, 0.15) is 0 Å². The van der Waals surface area contributed by atoms with Gasteiger partial charge in [-0.1, -0.05) is 31.0 Å². The molecule has 0 atom stereocenters. The van der Waals surface area contributed by atoms with Crippen LogP contribution < -0.4 is 4.90 Å². The van der Waals surface area contributed by atoms with Crippen molar-refractivity contribution in [1.29, 1.82) is 0 Å². The van der Waals surface area contributed by atoms with Crippen molar-refractivity contribution in [1.82, 2.24) is 0 Å². The minimum Gasteiger partial charge on any atom is -0.367 e. The molecule has 1 aromatic rings. The number of ketones is 1. The number of rotatable bonds is 4. The fourth-order valence-electron chi connectivity index (χ4n) is 2.69. The molecule has 0 N–H and O–H groups in total.